The molecule has 0 aliphatic carbocycles. The second-order valence-electron chi connectivity index (χ2n) is 2.71. The van der Waals surface area contributed by atoms with Crippen LogP contribution >= 0.6 is 7.60 Å². The summed E-state index contributed by atoms with van der Waals surface area (Å²) in [4.78, 5) is 13.4. The molecule has 0 amide bonds. The molecule has 1 atom stereocenters. The zero-order valence-corrected chi connectivity index (χ0v) is 8.01. The van der Waals surface area contributed by atoms with E-state index in [0.29, 0.717) is 12.5 Å². The quantitative estimate of drug-likeness (QED) is 0.400. The molecule has 0 saturated heterocycles. The van der Waals surface area contributed by atoms with Gasteiger partial charge < -0.3 is 4.89 Å². The van der Waals surface area contributed by atoms with Crippen molar-refractivity contribution in [1.82, 2.24) is 0 Å². The van der Waals surface area contributed by atoms with E-state index in [9.17, 15) is 4.57 Å². The van der Waals surface area contributed by atoms with Gasteiger partial charge in [-0.15, -0.1) is 4.67 Å². The van der Waals surface area contributed by atoms with E-state index >= 15 is 0 Å². The topological polar surface area (TPSA) is 55.8 Å². The van der Waals surface area contributed by atoms with E-state index < -0.39 is 7.60 Å². The zero-order chi connectivity index (χ0) is 8.91. The van der Waals surface area contributed by atoms with Crippen LogP contribution in [0.25, 0.3) is 0 Å². The van der Waals surface area contributed by atoms with Gasteiger partial charge in [-0.25, -0.2) is 4.89 Å². The van der Waals surface area contributed by atoms with Gasteiger partial charge >= 0.3 is 7.60 Å². The molecule has 11 heavy (non-hydrogen) atoms. The largest absolute Gasteiger partial charge is 0.355 e. The Labute approximate surface area is 67.0 Å². The van der Waals surface area contributed by atoms with Gasteiger partial charge in [-0.1, -0.05) is 20.8 Å². The van der Waals surface area contributed by atoms with Crippen molar-refractivity contribution < 1.29 is 19.0 Å². The molecule has 0 rings (SSSR count). The molecule has 0 aromatic carbocycles. The highest BCUT2D eigenvalue weighted by Crippen LogP contribution is 2.41. The van der Waals surface area contributed by atoms with Crippen molar-refractivity contribution >= 4 is 7.60 Å². The van der Waals surface area contributed by atoms with Gasteiger partial charge in [-0.2, -0.15) is 0 Å². The maximum atomic E-state index is 10.8. The molecule has 0 saturated carbocycles. The Bertz CT molecular complexity index is 146. The van der Waals surface area contributed by atoms with Crippen LogP contribution in [-0.4, -0.2) is 17.7 Å². The summed E-state index contributed by atoms with van der Waals surface area (Å²) in [5, 5.41) is 0. The molecule has 0 heterocycles. The van der Waals surface area contributed by atoms with Crippen LogP contribution in [0.2, 0.25) is 0 Å². The predicted octanol–water partition coefficient (Wildman–Crippen LogP) is 1.80. The minimum atomic E-state index is -3.45. The first-order valence-electron chi connectivity index (χ1n) is 3.61. The lowest BCUT2D eigenvalue weighted by Gasteiger charge is -2.09. The zero-order valence-electron chi connectivity index (χ0n) is 7.11. The fourth-order valence-corrected chi connectivity index (χ4v) is 0.633. The van der Waals surface area contributed by atoms with Gasteiger partial charge in [0.1, 0.15) is 0 Å². The van der Waals surface area contributed by atoms with Gasteiger partial charge in [0, 0.05) is 6.16 Å². The van der Waals surface area contributed by atoms with Crippen molar-refractivity contribution in [2.75, 3.05) is 12.8 Å². The number of rotatable bonds is 5. The summed E-state index contributed by atoms with van der Waals surface area (Å²) >= 11 is 0. The molecule has 0 aliphatic heterocycles. The lowest BCUT2D eigenvalue weighted by Crippen LogP contribution is -2.02. The third-order valence-corrected chi connectivity index (χ3v) is 2.11. The summed E-state index contributed by atoms with van der Waals surface area (Å²) < 4.78 is 15.1. The molecule has 68 valence electrons. The summed E-state index contributed by atoms with van der Waals surface area (Å²) in [6.07, 6.45) is 0.0745. The van der Waals surface area contributed by atoms with Crippen molar-refractivity contribution in [2.24, 2.45) is 5.92 Å². The molecule has 1 N–H and O–H groups in total. The van der Waals surface area contributed by atoms with E-state index in [4.69, 9.17) is 4.89 Å². The Hall–Kier alpha value is 0.110. The van der Waals surface area contributed by atoms with Crippen molar-refractivity contribution in [3.8, 4) is 0 Å². The summed E-state index contributed by atoms with van der Waals surface area (Å²) in [5.74, 6) is 0.298. The first-order valence-corrected chi connectivity index (χ1v) is 5.37. The van der Waals surface area contributed by atoms with E-state index in [-0.39, 0.29) is 6.16 Å². The van der Waals surface area contributed by atoms with Crippen LogP contribution in [-0.2, 0) is 14.1 Å². The average Bonchev–Trinajstić information content (AvgIpc) is 1.87. The van der Waals surface area contributed by atoms with Crippen LogP contribution in [0.1, 0.15) is 20.8 Å². The molecule has 5 heteroatoms. The second-order valence-corrected chi connectivity index (χ2v) is 4.76. The number of hydrogen-bond donors (Lipinski definition) is 1. The Kier molecular flexibility index (Phi) is 4.93. The molecular formula is C6H15O4P. The fraction of sp³-hybridized carbons (Fsp3) is 1.00. The SMILES string of the molecule is CCP(=O)(O)OOCC(C)C. The van der Waals surface area contributed by atoms with Crippen LogP contribution < -0.4 is 0 Å². The highest BCUT2D eigenvalue weighted by molar-refractivity contribution is 7.52. The number of hydrogen-bond acceptors (Lipinski definition) is 3. The van der Waals surface area contributed by atoms with Gasteiger partial charge in [0.25, 0.3) is 0 Å². The average molecular weight is 182 g/mol. The van der Waals surface area contributed by atoms with Crippen molar-refractivity contribution in [1.29, 1.82) is 0 Å². The maximum Gasteiger partial charge on any atom is 0.355 e. The van der Waals surface area contributed by atoms with Gasteiger partial charge in [0.05, 0.1) is 6.61 Å². The summed E-state index contributed by atoms with van der Waals surface area (Å²) in [6, 6.07) is 0. The Morgan fingerprint density at radius 1 is 1.55 bits per heavy atom. The molecule has 0 aromatic heterocycles. The Balaban J connectivity index is 3.46. The van der Waals surface area contributed by atoms with Crippen LogP contribution in [0, 0.1) is 5.92 Å². The van der Waals surface area contributed by atoms with Crippen LogP contribution in [0.3, 0.4) is 0 Å². The first-order chi connectivity index (χ1) is 4.98. The normalized spacial score (nSPS) is 16.8. The lowest BCUT2D eigenvalue weighted by atomic mass is 10.2. The first kappa shape index (κ1) is 11.1. The Morgan fingerprint density at radius 3 is 2.45 bits per heavy atom. The summed E-state index contributed by atoms with van der Waals surface area (Å²) in [5.41, 5.74) is 0. The molecular weight excluding hydrogens is 167 g/mol. The van der Waals surface area contributed by atoms with Crippen molar-refractivity contribution in [3.05, 3.63) is 0 Å². The molecule has 0 bridgehead atoms. The van der Waals surface area contributed by atoms with Crippen LogP contribution in [0.5, 0.6) is 0 Å². The minimum Gasteiger partial charge on any atom is -0.323 e. The van der Waals surface area contributed by atoms with E-state index in [0.717, 1.165) is 0 Å². The van der Waals surface area contributed by atoms with Crippen molar-refractivity contribution in [3.63, 3.8) is 0 Å². The third-order valence-electron chi connectivity index (χ3n) is 0.970. The van der Waals surface area contributed by atoms with Crippen molar-refractivity contribution in [2.45, 2.75) is 20.8 Å². The lowest BCUT2D eigenvalue weighted by molar-refractivity contribution is -0.219. The van der Waals surface area contributed by atoms with Gasteiger partial charge in [0.2, 0.25) is 0 Å². The molecule has 0 aliphatic rings. The molecule has 1 unspecified atom stereocenters. The van der Waals surface area contributed by atoms with Crippen LogP contribution in [0.4, 0.5) is 0 Å². The minimum absolute atomic E-state index is 0.0745. The van der Waals surface area contributed by atoms with Crippen LogP contribution in [0.15, 0.2) is 0 Å². The summed E-state index contributed by atoms with van der Waals surface area (Å²) in [7, 11) is -3.45. The molecule has 0 spiro atoms. The second kappa shape index (κ2) is 4.88. The smallest absolute Gasteiger partial charge is 0.323 e. The molecule has 0 aromatic rings. The molecule has 0 fully saturated rings. The van der Waals surface area contributed by atoms with E-state index in [1.807, 2.05) is 13.8 Å². The molecule has 0 radical (unpaired) electrons. The predicted molar refractivity (Wildman–Crippen MR) is 42.2 cm³/mol. The standard InChI is InChI=1S/C6H15O4P/c1-4-11(7,8)10-9-5-6(2)3/h6H,4-5H2,1-3H3,(H,7,8). The maximum absolute atomic E-state index is 10.8. The van der Waals surface area contributed by atoms with Gasteiger partial charge in [0.15, 0.2) is 0 Å². The molecule has 4 nitrogen and oxygen atoms in total. The van der Waals surface area contributed by atoms with Gasteiger partial charge in [-0.05, 0) is 5.92 Å². The Morgan fingerprint density at radius 2 is 2.09 bits per heavy atom. The third kappa shape index (κ3) is 6.51. The highest BCUT2D eigenvalue weighted by Gasteiger charge is 2.16. The highest BCUT2D eigenvalue weighted by atomic mass is 31.2. The monoisotopic (exact) mass is 182 g/mol. The van der Waals surface area contributed by atoms with E-state index in [2.05, 4.69) is 9.56 Å². The van der Waals surface area contributed by atoms with Gasteiger partial charge in [-0.3, -0.25) is 4.57 Å². The fourth-order valence-electron chi connectivity index (χ4n) is 0.302. The van der Waals surface area contributed by atoms with E-state index in [1.165, 1.54) is 0 Å². The van der Waals surface area contributed by atoms with E-state index in [1.54, 1.807) is 6.92 Å². The summed E-state index contributed by atoms with van der Waals surface area (Å²) in [6.45, 7) is 5.76.